The minimum atomic E-state index is -1.15. The van der Waals surface area contributed by atoms with E-state index in [-0.39, 0.29) is 18.1 Å². The summed E-state index contributed by atoms with van der Waals surface area (Å²) in [5, 5.41) is 15.4. The Morgan fingerprint density at radius 1 is 0.939 bits per heavy atom. The Kier molecular flexibility index (Phi) is 5.14. The molecule has 0 saturated carbocycles. The zero-order valence-electron chi connectivity index (χ0n) is 18.1. The third-order valence-electron chi connectivity index (χ3n) is 5.31. The van der Waals surface area contributed by atoms with E-state index in [0.29, 0.717) is 22.2 Å². The number of nitrogens with zero attached hydrogens (tertiary/aromatic N) is 3. The van der Waals surface area contributed by atoms with E-state index >= 15 is 0 Å². The molecule has 0 spiro atoms. The molecule has 0 unspecified atom stereocenters. The van der Waals surface area contributed by atoms with Gasteiger partial charge in [-0.1, -0.05) is 36.4 Å². The van der Waals surface area contributed by atoms with Crippen LogP contribution < -0.4 is 9.47 Å². The number of fused-ring (bicyclic) bond motifs is 3. The fourth-order valence-corrected chi connectivity index (χ4v) is 3.97. The van der Waals surface area contributed by atoms with Gasteiger partial charge in [-0.05, 0) is 60.9 Å². The van der Waals surface area contributed by atoms with E-state index in [1.165, 1.54) is 10.8 Å². The van der Waals surface area contributed by atoms with Crippen molar-refractivity contribution in [2.45, 2.75) is 20.5 Å². The fraction of sp³-hybridized carbons (Fsp3) is 0.115. The molecule has 5 aromatic rings. The van der Waals surface area contributed by atoms with Gasteiger partial charge in [0.15, 0.2) is 17.1 Å². The third-order valence-corrected chi connectivity index (χ3v) is 5.31. The maximum absolute atomic E-state index is 12.2. The highest BCUT2D eigenvalue weighted by molar-refractivity contribution is 6.05. The first-order valence-electron chi connectivity index (χ1n) is 10.5. The van der Waals surface area contributed by atoms with Gasteiger partial charge in [-0.2, -0.15) is 5.10 Å². The number of aryl methyl sites for hydroxylation is 2. The van der Waals surface area contributed by atoms with Gasteiger partial charge in [0.1, 0.15) is 24.4 Å². The molecule has 33 heavy (non-hydrogen) atoms. The summed E-state index contributed by atoms with van der Waals surface area (Å²) in [5.74, 6) is 0.421. The van der Waals surface area contributed by atoms with Crippen molar-refractivity contribution in [1.82, 2.24) is 14.6 Å². The van der Waals surface area contributed by atoms with Crippen molar-refractivity contribution in [3.05, 3.63) is 95.4 Å². The lowest BCUT2D eigenvalue weighted by molar-refractivity contribution is 0.0682. The molecule has 0 amide bonds. The molecule has 0 aliphatic carbocycles. The van der Waals surface area contributed by atoms with Crippen LogP contribution in [0.15, 0.2) is 73.1 Å². The van der Waals surface area contributed by atoms with Gasteiger partial charge in [-0.25, -0.2) is 14.3 Å². The van der Waals surface area contributed by atoms with E-state index in [4.69, 9.17) is 9.47 Å². The largest absolute Gasteiger partial charge is 0.486 e. The van der Waals surface area contributed by atoms with Crippen LogP contribution in [0.1, 0.15) is 27.2 Å². The number of carbonyl (C=O) groups is 1. The molecule has 3 aromatic carbocycles. The zero-order chi connectivity index (χ0) is 22.9. The summed E-state index contributed by atoms with van der Waals surface area (Å²) >= 11 is 0. The average Bonchev–Trinajstić information content (AvgIpc) is 3.26. The van der Waals surface area contributed by atoms with Crippen LogP contribution in [-0.4, -0.2) is 25.7 Å². The summed E-state index contributed by atoms with van der Waals surface area (Å²) in [4.78, 5) is 16.5. The molecule has 0 atom stereocenters. The lowest BCUT2D eigenvalue weighted by Crippen LogP contribution is -2.11. The molecule has 2 heterocycles. The number of carboxylic acids is 1. The van der Waals surface area contributed by atoms with Crippen LogP contribution in [0.4, 0.5) is 0 Å². The first kappa shape index (κ1) is 20.5. The number of aromatic nitrogens is 3. The summed E-state index contributed by atoms with van der Waals surface area (Å²) in [6.07, 6.45) is 1.33. The predicted molar refractivity (Wildman–Crippen MR) is 124 cm³/mol. The van der Waals surface area contributed by atoms with E-state index < -0.39 is 5.97 Å². The monoisotopic (exact) mass is 439 g/mol. The number of aromatic carboxylic acids is 1. The van der Waals surface area contributed by atoms with E-state index in [0.717, 1.165) is 22.4 Å². The summed E-state index contributed by atoms with van der Waals surface area (Å²) in [7, 11) is 0. The topological polar surface area (TPSA) is 86.0 Å². The van der Waals surface area contributed by atoms with Crippen LogP contribution >= 0.6 is 0 Å². The maximum Gasteiger partial charge on any atom is 0.358 e. The first-order valence-corrected chi connectivity index (χ1v) is 10.5. The molecular formula is C26H21N3O4. The molecule has 0 bridgehead atoms. The first-order chi connectivity index (χ1) is 16.0. The molecule has 0 fully saturated rings. The van der Waals surface area contributed by atoms with Crippen molar-refractivity contribution in [2.24, 2.45) is 0 Å². The number of pyridine rings is 1. The van der Waals surface area contributed by atoms with Crippen LogP contribution in [0, 0.1) is 13.8 Å². The highest BCUT2D eigenvalue weighted by Gasteiger charge is 2.23. The molecule has 7 nitrogen and oxygen atoms in total. The molecule has 0 aliphatic rings. The highest BCUT2D eigenvalue weighted by atomic mass is 16.5. The maximum atomic E-state index is 12.2. The quantitative estimate of drug-likeness (QED) is 0.372. The van der Waals surface area contributed by atoms with E-state index in [9.17, 15) is 9.90 Å². The van der Waals surface area contributed by atoms with Crippen LogP contribution in [0.25, 0.3) is 16.4 Å². The summed E-state index contributed by atoms with van der Waals surface area (Å²) < 4.78 is 13.5. The number of carboxylic acid groups (broad SMARTS) is 1. The predicted octanol–water partition coefficient (Wildman–Crippen LogP) is 5.57. The molecule has 0 aliphatic heterocycles. The van der Waals surface area contributed by atoms with Crippen LogP contribution in [0.2, 0.25) is 0 Å². The SMILES string of the molecule is Cc1cc(C)cc(Oc2ccc3c(OCc4ccccc4)c(C(=O)O)n4ncnc4c3c2)c1. The van der Waals surface area contributed by atoms with E-state index in [1.807, 2.05) is 62.4 Å². The third kappa shape index (κ3) is 3.96. The molecule has 7 heteroatoms. The number of ether oxygens (including phenoxy) is 2. The minimum absolute atomic E-state index is 0.0751. The highest BCUT2D eigenvalue weighted by Crippen LogP contribution is 2.36. The molecule has 5 rings (SSSR count). The Balaban J connectivity index is 1.64. The van der Waals surface area contributed by atoms with Crippen molar-refractivity contribution in [3.8, 4) is 17.2 Å². The van der Waals surface area contributed by atoms with Crippen molar-refractivity contribution in [3.63, 3.8) is 0 Å². The second kappa shape index (κ2) is 8.27. The van der Waals surface area contributed by atoms with Gasteiger partial charge in [0.2, 0.25) is 0 Å². The van der Waals surface area contributed by atoms with Gasteiger partial charge >= 0.3 is 5.97 Å². The molecular weight excluding hydrogens is 418 g/mol. The normalized spacial score (nSPS) is 11.1. The summed E-state index contributed by atoms with van der Waals surface area (Å²) in [5.41, 5.74) is 3.48. The van der Waals surface area contributed by atoms with Gasteiger partial charge in [-0.15, -0.1) is 0 Å². The molecule has 0 saturated heterocycles. The van der Waals surface area contributed by atoms with Gasteiger partial charge in [0.05, 0.1) is 0 Å². The number of rotatable bonds is 6. The zero-order valence-corrected chi connectivity index (χ0v) is 18.1. The fourth-order valence-electron chi connectivity index (χ4n) is 3.97. The lowest BCUT2D eigenvalue weighted by atomic mass is 10.1. The van der Waals surface area contributed by atoms with Gasteiger partial charge < -0.3 is 14.6 Å². The Hall–Kier alpha value is -4.39. The number of hydrogen-bond donors (Lipinski definition) is 1. The second-order valence-electron chi connectivity index (χ2n) is 7.89. The number of hydrogen-bond acceptors (Lipinski definition) is 5. The van der Waals surface area contributed by atoms with Crippen LogP contribution in [0.5, 0.6) is 17.2 Å². The summed E-state index contributed by atoms with van der Waals surface area (Å²) in [6, 6.07) is 21.0. The second-order valence-corrected chi connectivity index (χ2v) is 7.89. The van der Waals surface area contributed by atoms with Crippen molar-refractivity contribution >= 4 is 22.4 Å². The lowest BCUT2D eigenvalue weighted by Gasteiger charge is -2.15. The minimum Gasteiger partial charge on any atom is -0.486 e. The van der Waals surface area contributed by atoms with Crippen LogP contribution in [-0.2, 0) is 6.61 Å². The van der Waals surface area contributed by atoms with E-state index in [1.54, 1.807) is 12.1 Å². The standard InChI is InChI=1S/C26H21N3O4/c1-16-10-17(2)12-20(11-16)33-19-8-9-21-22(13-19)25-27-15-28-29(25)23(26(30)31)24(21)32-14-18-6-4-3-5-7-18/h3-13,15H,14H2,1-2H3,(H,30,31). The molecule has 164 valence electrons. The van der Waals surface area contributed by atoms with Crippen molar-refractivity contribution in [1.29, 1.82) is 0 Å². The van der Waals surface area contributed by atoms with Crippen LogP contribution in [0.3, 0.4) is 0 Å². The molecule has 1 N–H and O–H groups in total. The summed E-state index contributed by atoms with van der Waals surface area (Å²) in [6.45, 7) is 4.25. The number of benzene rings is 3. The average molecular weight is 439 g/mol. The van der Waals surface area contributed by atoms with Crippen molar-refractivity contribution < 1.29 is 19.4 Å². The Bertz CT molecular complexity index is 1470. The van der Waals surface area contributed by atoms with E-state index in [2.05, 4.69) is 16.1 Å². The molecule has 2 aromatic heterocycles. The smallest absolute Gasteiger partial charge is 0.358 e. The molecule has 0 radical (unpaired) electrons. The Morgan fingerprint density at radius 3 is 2.42 bits per heavy atom. The Labute approximate surface area is 189 Å². The Morgan fingerprint density at radius 2 is 1.70 bits per heavy atom. The van der Waals surface area contributed by atoms with Gasteiger partial charge in [-0.3, -0.25) is 0 Å². The van der Waals surface area contributed by atoms with Gasteiger partial charge in [0, 0.05) is 10.8 Å². The van der Waals surface area contributed by atoms with Gasteiger partial charge in [0.25, 0.3) is 0 Å². The van der Waals surface area contributed by atoms with Crippen molar-refractivity contribution in [2.75, 3.05) is 0 Å².